The summed E-state index contributed by atoms with van der Waals surface area (Å²) in [4.78, 5) is 36.2. The second-order valence-corrected chi connectivity index (χ2v) is 9.63. The molecule has 0 saturated carbocycles. The number of pyridine rings is 2. The molecule has 1 unspecified atom stereocenters. The first-order valence-electron chi connectivity index (χ1n) is 12.7. The number of fused-ring (bicyclic) bond motifs is 3. The number of amides is 1. The van der Waals surface area contributed by atoms with E-state index in [4.69, 9.17) is 4.74 Å². The predicted molar refractivity (Wildman–Crippen MR) is 145 cm³/mol. The van der Waals surface area contributed by atoms with Crippen molar-refractivity contribution in [2.45, 2.75) is 26.4 Å². The molecular weight excluding hydrogens is 482 g/mol. The molecule has 0 spiro atoms. The average Bonchev–Trinajstić information content (AvgIpc) is 3.32. The Balaban J connectivity index is 1.15. The Labute approximate surface area is 219 Å². The van der Waals surface area contributed by atoms with Crippen LogP contribution in [-0.2, 0) is 11.3 Å². The number of rotatable bonds is 5. The van der Waals surface area contributed by atoms with Gasteiger partial charge in [0.25, 0.3) is 5.91 Å². The molecule has 1 saturated heterocycles. The van der Waals surface area contributed by atoms with E-state index in [-0.39, 0.29) is 23.6 Å². The van der Waals surface area contributed by atoms with E-state index < -0.39 is 5.91 Å². The third-order valence-corrected chi connectivity index (χ3v) is 6.98. The van der Waals surface area contributed by atoms with Crippen molar-refractivity contribution in [3.8, 4) is 17.1 Å². The molecule has 1 fully saturated rings. The third-order valence-electron chi connectivity index (χ3n) is 6.98. The molecule has 194 valence electrons. The maximum Gasteiger partial charge on any atom is 0.257 e. The molecule has 3 N–H and O–H groups in total. The molecule has 1 amide bonds. The first kappa shape index (κ1) is 23.9. The van der Waals surface area contributed by atoms with E-state index in [0.717, 1.165) is 60.3 Å². The Kier molecular flexibility index (Phi) is 6.16. The van der Waals surface area contributed by atoms with Gasteiger partial charge in [0.1, 0.15) is 17.2 Å². The molecule has 6 rings (SSSR count). The molecule has 1 aromatic carbocycles. The van der Waals surface area contributed by atoms with Crippen LogP contribution in [0.1, 0.15) is 40.1 Å². The molecule has 4 aromatic rings. The number of carbonyl (C=O) groups excluding carboxylic acids is 1. The van der Waals surface area contributed by atoms with E-state index >= 15 is 0 Å². The number of H-pyrrole nitrogens is 1. The van der Waals surface area contributed by atoms with Crippen LogP contribution < -0.4 is 21.0 Å². The lowest BCUT2D eigenvalue weighted by Gasteiger charge is -2.29. The highest BCUT2D eigenvalue weighted by atomic mass is 16.5. The van der Waals surface area contributed by atoms with Crippen LogP contribution in [0.15, 0.2) is 59.7 Å². The van der Waals surface area contributed by atoms with Gasteiger partial charge in [-0.05, 0) is 37.6 Å². The van der Waals surface area contributed by atoms with Gasteiger partial charge in [0.15, 0.2) is 0 Å². The fraction of sp³-hybridized carbons (Fsp3) is 0.286. The smallest absolute Gasteiger partial charge is 0.257 e. The molecule has 38 heavy (non-hydrogen) atoms. The minimum Gasteiger partial charge on any atom is -0.378 e. The highest BCUT2D eigenvalue weighted by Gasteiger charge is 2.28. The topological polar surface area (TPSA) is 117 Å². The fourth-order valence-electron chi connectivity index (χ4n) is 5.01. The summed E-state index contributed by atoms with van der Waals surface area (Å²) in [6.07, 6.45) is 3.21. The second kappa shape index (κ2) is 9.79. The van der Waals surface area contributed by atoms with Gasteiger partial charge in [-0.1, -0.05) is 18.2 Å². The van der Waals surface area contributed by atoms with Crippen LogP contribution in [0.3, 0.4) is 0 Å². The summed E-state index contributed by atoms with van der Waals surface area (Å²) in [5, 5.41) is 10.6. The first-order valence-corrected chi connectivity index (χ1v) is 12.7. The van der Waals surface area contributed by atoms with Crippen LogP contribution >= 0.6 is 0 Å². The largest absolute Gasteiger partial charge is 0.378 e. The maximum absolute atomic E-state index is 13.3. The molecule has 2 aliphatic heterocycles. The molecule has 5 heterocycles. The lowest BCUT2D eigenvalue weighted by Crippen LogP contribution is -2.36. The second-order valence-electron chi connectivity index (χ2n) is 9.63. The van der Waals surface area contributed by atoms with Crippen LogP contribution in [0, 0.1) is 6.92 Å². The highest BCUT2D eigenvalue weighted by Crippen LogP contribution is 2.29. The summed E-state index contributed by atoms with van der Waals surface area (Å²) in [6, 6.07) is 13.9. The molecule has 2 aliphatic rings. The van der Waals surface area contributed by atoms with Gasteiger partial charge in [0.2, 0.25) is 5.43 Å². The van der Waals surface area contributed by atoms with Crippen molar-refractivity contribution in [1.29, 1.82) is 0 Å². The maximum atomic E-state index is 13.3. The molecule has 0 radical (unpaired) electrons. The van der Waals surface area contributed by atoms with Gasteiger partial charge in [-0.25, -0.2) is 4.68 Å². The number of aromatic nitrogens is 4. The highest BCUT2D eigenvalue weighted by molar-refractivity contribution is 5.94. The molecular formula is C28H29N7O3. The molecule has 0 aliphatic carbocycles. The van der Waals surface area contributed by atoms with Crippen LogP contribution in [0.4, 0.5) is 11.5 Å². The monoisotopic (exact) mass is 511 g/mol. The Morgan fingerprint density at radius 2 is 2.03 bits per heavy atom. The first-order chi connectivity index (χ1) is 18.5. The fourth-order valence-corrected chi connectivity index (χ4v) is 5.01. The number of nitrogens with one attached hydrogen (secondary N) is 3. The minimum atomic E-state index is -0.439. The Bertz CT molecular complexity index is 1550. The van der Waals surface area contributed by atoms with Crippen LogP contribution in [0.2, 0.25) is 0 Å². The minimum absolute atomic E-state index is 0.0641. The number of anilines is 2. The number of hydrogen-bond acceptors (Lipinski definition) is 7. The summed E-state index contributed by atoms with van der Waals surface area (Å²) in [5.74, 6) is 0.948. The zero-order valence-electron chi connectivity index (χ0n) is 21.3. The molecule has 3 aromatic heterocycles. The lowest BCUT2D eigenvalue weighted by molar-refractivity contribution is 0.0949. The van der Waals surface area contributed by atoms with Crippen molar-refractivity contribution in [2.24, 2.45) is 0 Å². The number of hydrogen-bond donors (Lipinski definition) is 3. The van der Waals surface area contributed by atoms with Gasteiger partial charge in [0.05, 0.1) is 36.2 Å². The number of nitrogens with zero attached hydrogens (tertiary/aromatic N) is 4. The van der Waals surface area contributed by atoms with Crippen LogP contribution in [-0.4, -0.2) is 52.0 Å². The van der Waals surface area contributed by atoms with Gasteiger partial charge >= 0.3 is 0 Å². The zero-order chi connectivity index (χ0) is 26.2. The van der Waals surface area contributed by atoms with Gasteiger partial charge in [0, 0.05) is 49.3 Å². The quantitative estimate of drug-likeness (QED) is 0.377. The Hall–Kier alpha value is -4.44. The van der Waals surface area contributed by atoms with Gasteiger partial charge in [-0.3, -0.25) is 14.6 Å². The molecule has 10 nitrogen and oxygen atoms in total. The van der Waals surface area contributed by atoms with Crippen molar-refractivity contribution >= 4 is 17.4 Å². The number of ether oxygens (including phenoxy) is 1. The summed E-state index contributed by atoms with van der Waals surface area (Å²) in [5.41, 5.74) is 4.95. The number of aryl methyl sites for hydroxylation is 1. The van der Waals surface area contributed by atoms with Crippen molar-refractivity contribution < 1.29 is 9.53 Å². The summed E-state index contributed by atoms with van der Waals surface area (Å²) in [6.45, 7) is 7.27. The van der Waals surface area contributed by atoms with Crippen LogP contribution in [0.25, 0.3) is 17.1 Å². The predicted octanol–water partition coefficient (Wildman–Crippen LogP) is 3.18. The van der Waals surface area contributed by atoms with Gasteiger partial charge in [-0.15, -0.1) is 0 Å². The SMILES string of the molecule is Cc1cc2n(n1)-c1[nH]cc(C(=O)NCc3ccc(-c4cccc(N5CCOCC5)c4)nc3)c(=O)c1C(C)N2. The number of morpholine rings is 1. The van der Waals surface area contributed by atoms with Crippen LogP contribution in [0.5, 0.6) is 0 Å². The average molecular weight is 512 g/mol. The Morgan fingerprint density at radius 3 is 2.82 bits per heavy atom. The van der Waals surface area contributed by atoms with E-state index in [0.29, 0.717) is 11.4 Å². The lowest BCUT2D eigenvalue weighted by atomic mass is 10.0. The molecule has 0 bridgehead atoms. The summed E-state index contributed by atoms with van der Waals surface area (Å²) in [7, 11) is 0. The van der Waals surface area contributed by atoms with Gasteiger partial charge < -0.3 is 25.3 Å². The number of benzene rings is 1. The van der Waals surface area contributed by atoms with Crippen molar-refractivity contribution in [1.82, 2.24) is 25.1 Å². The normalized spacial score (nSPS) is 16.4. The zero-order valence-corrected chi connectivity index (χ0v) is 21.3. The molecule has 1 atom stereocenters. The van der Waals surface area contributed by atoms with Gasteiger partial charge in [-0.2, -0.15) is 5.10 Å². The van der Waals surface area contributed by atoms with E-state index in [2.05, 4.69) is 42.7 Å². The van der Waals surface area contributed by atoms with E-state index in [1.165, 1.54) is 6.20 Å². The Morgan fingerprint density at radius 1 is 1.18 bits per heavy atom. The third kappa shape index (κ3) is 4.43. The summed E-state index contributed by atoms with van der Waals surface area (Å²) >= 11 is 0. The number of carbonyl (C=O) groups is 1. The van der Waals surface area contributed by atoms with Crippen molar-refractivity contribution in [3.63, 3.8) is 0 Å². The van der Waals surface area contributed by atoms with Crippen molar-refractivity contribution in [2.75, 3.05) is 36.5 Å². The van der Waals surface area contributed by atoms with E-state index in [1.807, 2.05) is 44.2 Å². The van der Waals surface area contributed by atoms with E-state index in [9.17, 15) is 9.59 Å². The van der Waals surface area contributed by atoms with E-state index in [1.54, 1.807) is 10.9 Å². The summed E-state index contributed by atoms with van der Waals surface area (Å²) < 4.78 is 7.12. The number of aromatic amines is 1. The van der Waals surface area contributed by atoms with Crippen molar-refractivity contribution in [3.05, 3.63) is 87.5 Å². The standard InChI is InChI=1S/C28H29N7O3/c1-17-12-24-32-18(2)25-26(36)22(16-30-27(25)35(24)33-17)28(37)31-15-19-6-7-23(29-14-19)20-4-3-5-21(13-20)34-8-10-38-11-9-34/h3-7,12-14,16,18,32H,8-11,15H2,1-2H3,(H,30,36)(H,31,37). The molecule has 10 heteroatoms.